The molecule has 4 rings (SSSR count). The van der Waals surface area contributed by atoms with Crippen LogP contribution in [0.5, 0.6) is 0 Å². The number of esters is 1. The Balaban J connectivity index is 1.45. The second-order valence-corrected chi connectivity index (χ2v) is 9.16. The fraction of sp³-hybridized carbons (Fsp3) is 0.423. The van der Waals surface area contributed by atoms with Crippen molar-refractivity contribution in [1.29, 1.82) is 0 Å². The largest absolute Gasteiger partial charge is 0.466 e. The number of benzene rings is 2. The second-order valence-electron chi connectivity index (χ2n) is 8.73. The number of likely N-dealkylation sites (tertiary alicyclic amines) is 1. The van der Waals surface area contributed by atoms with E-state index in [0.29, 0.717) is 55.6 Å². The van der Waals surface area contributed by atoms with Crippen molar-refractivity contribution in [3.8, 4) is 0 Å². The lowest BCUT2D eigenvalue weighted by Gasteiger charge is -2.36. The number of hydrogen-bond acceptors (Lipinski definition) is 4. The summed E-state index contributed by atoms with van der Waals surface area (Å²) in [6, 6.07) is 14.6. The number of piperidine rings is 1. The predicted octanol–water partition coefficient (Wildman–Crippen LogP) is 4.59. The zero-order chi connectivity index (χ0) is 24.1. The molecule has 3 amide bonds. The summed E-state index contributed by atoms with van der Waals surface area (Å²) < 4.78 is 5.15. The highest BCUT2D eigenvalue weighted by Crippen LogP contribution is 2.25. The van der Waals surface area contributed by atoms with Gasteiger partial charge in [-0.2, -0.15) is 0 Å². The minimum Gasteiger partial charge on any atom is -0.466 e. The van der Waals surface area contributed by atoms with E-state index < -0.39 is 0 Å². The lowest BCUT2D eigenvalue weighted by atomic mass is 9.97. The van der Waals surface area contributed by atoms with Crippen molar-refractivity contribution in [2.75, 3.05) is 37.7 Å². The summed E-state index contributed by atoms with van der Waals surface area (Å²) in [6.45, 7) is 4.88. The van der Waals surface area contributed by atoms with E-state index in [1.807, 2.05) is 35.2 Å². The number of hydrogen-bond donors (Lipinski definition) is 0. The molecule has 2 aliphatic rings. The molecule has 34 heavy (non-hydrogen) atoms. The summed E-state index contributed by atoms with van der Waals surface area (Å²) in [4.78, 5) is 43.9. The van der Waals surface area contributed by atoms with E-state index in [1.165, 1.54) is 0 Å². The SMILES string of the molecule is CCOC(=O)[C@H]1CCCN(C(=O)c2cccc(N3CCCN(Cc4ccc(Cl)cc4)C3=O)c2)C1. The minimum absolute atomic E-state index is 0.0776. The Kier molecular flexibility index (Phi) is 7.73. The summed E-state index contributed by atoms with van der Waals surface area (Å²) in [5.74, 6) is -0.655. The third-order valence-corrected chi connectivity index (χ3v) is 6.58. The van der Waals surface area contributed by atoms with E-state index in [2.05, 4.69) is 0 Å². The van der Waals surface area contributed by atoms with Gasteiger partial charge in [-0.3, -0.25) is 14.5 Å². The van der Waals surface area contributed by atoms with E-state index >= 15 is 0 Å². The van der Waals surface area contributed by atoms with Gasteiger partial charge in [0.15, 0.2) is 0 Å². The van der Waals surface area contributed by atoms with Crippen molar-refractivity contribution in [3.05, 3.63) is 64.7 Å². The zero-order valence-electron chi connectivity index (χ0n) is 19.4. The topological polar surface area (TPSA) is 70.2 Å². The van der Waals surface area contributed by atoms with Crippen molar-refractivity contribution in [3.63, 3.8) is 0 Å². The van der Waals surface area contributed by atoms with Gasteiger partial charge in [0.25, 0.3) is 5.91 Å². The van der Waals surface area contributed by atoms with E-state index in [-0.39, 0.29) is 23.8 Å². The molecule has 0 bridgehead atoms. The van der Waals surface area contributed by atoms with E-state index in [9.17, 15) is 14.4 Å². The quantitative estimate of drug-likeness (QED) is 0.563. The minimum atomic E-state index is -0.286. The normalized spacial score (nSPS) is 18.7. The Morgan fingerprint density at radius 1 is 1.06 bits per heavy atom. The molecule has 0 saturated carbocycles. The van der Waals surface area contributed by atoms with Gasteiger partial charge in [-0.1, -0.05) is 29.8 Å². The third kappa shape index (κ3) is 5.53. The van der Waals surface area contributed by atoms with Crippen LogP contribution < -0.4 is 4.90 Å². The van der Waals surface area contributed by atoms with Crippen LogP contribution in [0.15, 0.2) is 48.5 Å². The highest BCUT2D eigenvalue weighted by molar-refractivity contribution is 6.30. The van der Waals surface area contributed by atoms with Crippen molar-refractivity contribution in [2.24, 2.45) is 5.92 Å². The molecule has 2 aliphatic heterocycles. The molecule has 2 heterocycles. The van der Waals surface area contributed by atoms with Crippen LogP contribution in [0.25, 0.3) is 0 Å². The first-order valence-corrected chi connectivity index (χ1v) is 12.2. The molecule has 2 saturated heterocycles. The molecule has 0 radical (unpaired) electrons. The third-order valence-electron chi connectivity index (χ3n) is 6.33. The summed E-state index contributed by atoms with van der Waals surface area (Å²) in [5, 5.41) is 0.666. The number of carbonyl (C=O) groups excluding carboxylic acids is 3. The lowest BCUT2D eigenvalue weighted by molar-refractivity contribution is -0.149. The molecule has 0 aromatic heterocycles. The van der Waals surface area contributed by atoms with Crippen molar-refractivity contribution < 1.29 is 19.1 Å². The summed E-state index contributed by atoms with van der Waals surface area (Å²) >= 11 is 5.98. The first-order valence-electron chi connectivity index (χ1n) is 11.8. The number of carbonyl (C=O) groups is 3. The smallest absolute Gasteiger partial charge is 0.324 e. The molecular formula is C26H30ClN3O4. The molecular weight excluding hydrogens is 454 g/mol. The van der Waals surface area contributed by atoms with Crippen LogP contribution in [0.2, 0.25) is 5.02 Å². The van der Waals surface area contributed by atoms with Crippen molar-refractivity contribution in [2.45, 2.75) is 32.7 Å². The van der Waals surface area contributed by atoms with Gasteiger partial charge in [0.05, 0.1) is 12.5 Å². The number of rotatable bonds is 6. The van der Waals surface area contributed by atoms with E-state index in [4.69, 9.17) is 16.3 Å². The summed E-state index contributed by atoms with van der Waals surface area (Å²) in [7, 11) is 0. The Morgan fingerprint density at radius 3 is 2.62 bits per heavy atom. The van der Waals surface area contributed by atoms with Crippen LogP contribution in [0.1, 0.15) is 42.1 Å². The maximum absolute atomic E-state index is 13.2. The van der Waals surface area contributed by atoms with Crippen LogP contribution in [0.4, 0.5) is 10.5 Å². The van der Waals surface area contributed by atoms with Crippen molar-refractivity contribution >= 4 is 35.2 Å². The summed E-state index contributed by atoms with van der Waals surface area (Å²) in [6.07, 6.45) is 2.33. The molecule has 0 aliphatic carbocycles. The van der Waals surface area contributed by atoms with Gasteiger partial charge in [-0.25, -0.2) is 4.79 Å². The van der Waals surface area contributed by atoms with Crippen LogP contribution in [-0.2, 0) is 16.1 Å². The number of ether oxygens (including phenoxy) is 1. The predicted molar refractivity (Wildman–Crippen MR) is 131 cm³/mol. The van der Waals surface area contributed by atoms with E-state index in [0.717, 1.165) is 24.8 Å². The molecule has 0 unspecified atom stereocenters. The molecule has 2 fully saturated rings. The first-order chi connectivity index (χ1) is 16.5. The average molecular weight is 484 g/mol. The Morgan fingerprint density at radius 2 is 1.85 bits per heavy atom. The summed E-state index contributed by atoms with van der Waals surface area (Å²) in [5.41, 5.74) is 2.24. The molecule has 7 nitrogen and oxygen atoms in total. The van der Waals surface area contributed by atoms with Crippen LogP contribution in [0, 0.1) is 5.92 Å². The molecule has 0 spiro atoms. The van der Waals surface area contributed by atoms with Crippen LogP contribution in [-0.4, -0.2) is 60.5 Å². The molecule has 180 valence electrons. The van der Waals surface area contributed by atoms with Gasteiger partial charge in [-0.15, -0.1) is 0 Å². The fourth-order valence-electron chi connectivity index (χ4n) is 4.58. The van der Waals surface area contributed by atoms with Gasteiger partial charge in [0.1, 0.15) is 0 Å². The Hall–Kier alpha value is -3.06. The van der Waals surface area contributed by atoms with Crippen LogP contribution >= 0.6 is 11.6 Å². The number of halogens is 1. The van der Waals surface area contributed by atoms with Gasteiger partial charge < -0.3 is 14.5 Å². The molecule has 8 heteroatoms. The maximum Gasteiger partial charge on any atom is 0.324 e. The fourth-order valence-corrected chi connectivity index (χ4v) is 4.71. The maximum atomic E-state index is 13.2. The van der Waals surface area contributed by atoms with Crippen LogP contribution in [0.3, 0.4) is 0 Å². The van der Waals surface area contributed by atoms with Gasteiger partial charge in [0, 0.05) is 49.0 Å². The Bertz CT molecular complexity index is 1040. The monoisotopic (exact) mass is 483 g/mol. The Labute approximate surface area is 205 Å². The highest BCUT2D eigenvalue weighted by Gasteiger charge is 2.31. The number of amides is 3. The zero-order valence-corrected chi connectivity index (χ0v) is 20.2. The number of nitrogens with zero attached hydrogens (tertiary/aromatic N) is 3. The van der Waals surface area contributed by atoms with Gasteiger partial charge in [-0.05, 0) is 62.1 Å². The van der Waals surface area contributed by atoms with E-state index in [1.54, 1.807) is 34.9 Å². The second kappa shape index (κ2) is 10.9. The standard InChI is InChI=1S/C26H30ClN3O4/c1-2-34-25(32)21-7-4-13-28(18-21)24(31)20-6-3-8-23(16-20)30-15-5-14-29(26(30)33)17-19-9-11-22(27)12-10-19/h3,6,8-12,16,21H,2,4-5,7,13-15,17-18H2,1H3/t21-/m0/s1. The molecule has 2 aromatic carbocycles. The number of anilines is 1. The average Bonchev–Trinajstić information content (AvgIpc) is 2.86. The molecule has 2 aromatic rings. The molecule has 1 atom stereocenters. The first kappa shape index (κ1) is 24.1. The van der Waals surface area contributed by atoms with Crippen molar-refractivity contribution in [1.82, 2.24) is 9.80 Å². The highest BCUT2D eigenvalue weighted by atomic mass is 35.5. The number of urea groups is 1. The van der Waals surface area contributed by atoms with Gasteiger partial charge >= 0.3 is 12.0 Å². The van der Waals surface area contributed by atoms with Gasteiger partial charge in [0.2, 0.25) is 0 Å². The molecule has 0 N–H and O–H groups in total. The lowest BCUT2D eigenvalue weighted by Crippen LogP contribution is -2.49.